The topological polar surface area (TPSA) is 74.4 Å². The summed E-state index contributed by atoms with van der Waals surface area (Å²) in [6, 6.07) is 7.73. The molecule has 0 bridgehead atoms. The van der Waals surface area contributed by atoms with Crippen molar-refractivity contribution in [2.75, 3.05) is 0 Å². The monoisotopic (exact) mass is 236 g/mol. The van der Waals surface area contributed by atoms with E-state index >= 15 is 0 Å². The van der Waals surface area contributed by atoms with Crippen LogP contribution in [-0.2, 0) is 0 Å². The lowest BCUT2D eigenvalue weighted by atomic mass is 10.3. The summed E-state index contributed by atoms with van der Waals surface area (Å²) in [4.78, 5) is 26.9. The standard InChI is InChI=1S/C13H8N4O/c18-13-11-9(14-5-6-15-11)10-12(13)17-8-4-2-1-3-7(8)16-10/h1-6,16-17H. The van der Waals surface area contributed by atoms with Crippen LogP contribution in [-0.4, -0.2) is 19.9 Å². The van der Waals surface area contributed by atoms with Gasteiger partial charge in [0.15, 0.2) is 0 Å². The van der Waals surface area contributed by atoms with Crippen molar-refractivity contribution >= 4 is 22.1 Å². The minimum atomic E-state index is -0.116. The number of para-hydroxylation sites is 2. The lowest BCUT2D eigenvalue weighted by molar-refractivity contribution is 1.19. The van der Waals surface area contributed by atoms with Crippen LogP contribution in [0.3, 0.4) is 0 Å². The molecule has 5 heteroatoms. The first-order valence-corrected chi connectivity index (χ1v) is 5.58. The van der Waals surface area contributed by atoms with E-state index in [1.807, 2.05) is 24.3 Å². The van der Waals surface area contributed by atoms with Gasteiger partial charge in [0.2, 0.25) is 5.43 Å². The van der Waals surface area contributed by atoms with Gasteiger partial charge < -0.3 is 9.97 Å². The normalized spacial score (nSPS) is 11.6. The van der Waals surface area contributed by atoms with E-state index in [-0.39, 0.29) is 5.43 Å². The summed E-state index contributed by atoms with van der Waals surface area (Å²) in [5.41, 5.74) is 2.71. The van der Waals surface area contributed by atoms with Gasteiger partial charge in [-0.2, -0.15) is 0 Å². The molecule has 2 aromatic rings. The van der Waals surface area contributed by atoms with Gasteiger partial charge in [-0.3, -0.25) is 9.78 Å². The maximum absolute atomic E-state index is 12.2. The number of hydrogen-bond acceptors (Lipinski definition) is 3. The third-order valence-electron chi connectivity index (χ3n) is 3.07. The fraction of sp³-hybridized carbons (Fsp3) is 0. The Labute approximate surface area is 100 Å². The van der Waals surface area contributed by atoms with Crippen LogP contribution in [0.1, 0.15) is 0 Å². The molecule has 1 aliphatic heterocycles. The van der Waals surface area contributed by atoms with Crippen LogP contribution < -0.4 is 5.43 Å². The third kappa shape index (κ3) is 1.08. The second kappa shape index (κ2) is 3.16. The molecule has 0 radical (unpaired) electrons. The van der Waals surface area contributed by atoms with Crippen LogP contribution in [0.5, 0.6) is 0 Å². The first-order valence-electron chi connectivity index (χ1n) is 5.58. The van der Waals surface area contributed by atoms with Gasteiger partial charge in [0.05, 0.1) is 16.4 Å². The molecule has 18 heavy (non-hydrogen) atoms. The number of aromatic amines is 2. The fourth-order valence-electron chi connectivity index (χ4n) is 2.25. The van der Waals surface area contributed by atoms with Gasteiger partial charge in [-0.25, -0.2) is 4.98 Å². The van der Waals surface area contributed by atoms with Crippen molar-refractivity contribution in [1.82, 2.24) is 19.9 Å². The second-order valence-corrected chi connectivity index (χ2v) is 4.13. The van der Waals surface area contributed by atoms with E-state index in [0.29, 0.717) is 21.7 Å². The van der Waals surface area contributed by atoms with Crippen LogP contribution in [0.4, 0.5) is 0 Å². The number of rotatable bonds is 0. The van der Waals surface area contributed by atoms with E-state index in [1.165, 1.54) is 6.20 Å². The van der Waals surface area contributed by atoms with Gasteiger partial charge in [-0.15, -0.1) is 0 Å². The Morgan fingerprint density at radius 2 is 1.44 bits per heavy atom. The molecule has 0 saturated heterocycles. The zero-order chi connectivity index (χ0) is 12.1. The summed E-state index contributed by atoms with van der Waals surface area (Å²) in [5.74, 6) is 0. The van der Waals surface area contributed by atoms with Crippen LogP contribution >= 0.6 is 0 Å². The number of H-pyrrole nitrogens is 2. The van der Waals surface area contributed by atoms with E-state index in [1.54, 1.807) is 6.20 Å². The molecule has 0 atom stereocenters. The third-order valence-corrected chi connectivity index (χ3v) is 3.07. The highest BCUT2D eigenvalue weighted by atomic mass is 16.1. The van der Waals surface area contributed by atoms with E-state index in [0.717, 1.165) is 11.0 Å². The zero-order valence-corrected chi connectivity index (χ0v) is 9.27. The summed E-state index contributed by atoms with van der Waals surface area (Å²) >= 11 is 0. The summed E-state index contributed by atoms with van der Waals surface area (Å²) in [5, 5.41) is 1.23. The molecule has 2 aliphatic rings. The molecule has 1 aromatic heterocycles. The largest absolute Gasteiger partial charge is 0.350 e. The minimum absolute atomic E-state index is 0.116. The summed E-state index contributed by atoms with van der Waals surface area (Å²) in [6.07, 6.45) is 3.12. The van der Waals surface area contributed by atoms with Crippen molar-refractivity contribution in [2.24, 2.45) is 0 Å². The summed E-state index contributed by atoms with van der Waals surface area (Å²) < 4.78 is 0. The highest BCUT2D eigenvalue weighted by Gasteiger charge is 2.10. The first kappa shape index (κ1) is 9.35. The molecule has 2 N–H and O–H groups in total. The Kier molecular flexibility index (Phi) is 1.64. The van der Waals surface area contributed by atoms with E-state index < -0.39 is 0 Å². The molecule has 2 heterocycles. The smallest absolute Gasteiger partial charge is 0.232 e. The molecule has 0 saturated carbocycles. The quantitative estimate of drug-likeness (QED) is 0.486. The number of aromatic nitrogens is 4. The van der Waals surface area contributed by atoms with Crippen molar-refractivity contribution in [1.29, 1.82) is 0 Å². The minimum Gasteiger partial charge on any atom is -0.350 e. The van der Waals surface area contributed by atoms with Gasteiger partial charge in [-0.05, 0) is 12.1 Å². The molecule has 4 rings (SSSR count). The second-order valence-electron chi connectivity index (χ2n) is 4.13. The van der Waals surface area contributed by atoms with Crippen molar-refractivity contribution in [3.05, 3.63) is 57.6 Å². The zero-order valence-electron chi connectivity index (χ0n) is 9.27. The van der Waals surface area contributed by atoms with Crippen molar-refractivity contribution in [3.8, 4) is 0 Å². The van der Waals surface area contributed by atoms with Gasteiger partial charge in [-0.1, -0.05) is 12.1 Å². The lowest BCUT2D eigenvalue weighted by Gasteiger charge is -1.97. The Bertz CT molecular complexity index is 999. The highest BCUT2D eigenvalue weighted by Crippen LogP contribution is 2.12. The number of fused-ring (bicyclic) bond motifs is 3. The Morgan fingerprint density at radius 1 is 0.833 bits per heavy atom. The molecule has 1 aromatic carbocycles. The SMILES string of the molecule is O=c1c2[nH]c3ccccc3[nH]c=2c2nccnc12. The van der Waals surface area contributed by atoms with Crippen LogP contribution in [0.25, 0.3) is 22.1 Å². The van der Waals surface area contributed by atoms with Gasteiger partial charge in [0, 0.05) is 12.4 Å². The van der Waals surface area contributed by atoms with Crippen LogP contribution in [0.15, 0.2) is 41.5 Å². The van der Waals surface area contributed by atoms with Gasteiger partial charge in [0.1, 0.15) is 16.4 Å². The highest BCUT2D eigenvalue weighted by molar-refractivity contribution is 5.79. The predicted octanol–water partition coefficient (Wildman–Crippen LogP) is 1.52. The average molecular weight is 236 g/mol. The van der Waals surface area contributed by atoms with Gasteiger partial charge in [0.25, 0.3) is 0 Å². The Balaban J connectivity index is 2.41. The molecule has 0 amide bonds. The molecule has 0 spiro atoms. The van der Waals surface area contributed by atoms with E-state index in [9.17, 15) is 4.79 Å². The molecular formula is C13H8N4O. The van der Waals surface area contributed by atoms with Crippen molar-refractivity contribution in [2.45, 2.75) is 0 Å². The van der Waals surface area contributed by atoms with Crippen LogP contribution in [0, 0.1) is 10.7 Å². The van der Waals surface area contributed by atoms with Crippen molar-refractivity contribution in [3.63, 3.8) is 0 Å². The molecular weight excluding hydrogens is 228 g/mol. The Morgan fingerprint density at radius 3 is 2.17 bits per heavy atom. The maximum Gasteiger partial charge on any atom is 0.232 e. The van der Waals surface area contributed by atoms with E-state index in [2.05, 4.69) is 19.9 Å². The molecule has 86 valence electrons. The van der Waals surface area contributed by atoms with E-state index in [4.69, 9.17) is 0 Å². The van der Waals surface area contributed by atoms with Crippen molar-refractivity contribution < 1.29 is 0 Å². The first-order chi connectivity index (χ1) is 8.84. The summed E-state index contributed by atoms with van der Waals surface area (Å²) in [7, 11) is 0. The Hall–Kier alpha value is -2.69. The predicted molar refractivity (Wildman–Crippen MR) is 67.3 cm³/mol. The summed E-state index contributed by atoms with van der Waals surface area (Å²) in [6.45, 7) is 0. The molecule has 5 nitrogen and oxygen atoms in total. The maximum atomic E-state index is 12.2. The molecule has 0 unspecified atom stereocenters. The molecule has 0 fully saturated rings. The van der Waals surface area contributed by atoms with Crippen LogP contribution in [0.2, 0.25) is 0 Å². The number of benzene rings is 1. The number of nitrogens with one attached hydrogen (secondary N) is 2. The number of nitrogens with zero attached hydrogens (tertiary/aromatic N) is 2. The lowest BCUT2D eigenvalue weighted by Crippen LogP contribution is -2.01. The molecule has 1 aliphatic carbocycles. The average Bonchev–Trinajstić information content (AvgIpc) is 2.71. The fourth-order valence-corrected chi connectivity index (χ4v) is 2.25. The number of hydrogen-bond donors (Lipinski definition) is 2. The van der Waals surface area contributed by atoms with Gasteiger partial charge >= 0.3 is 0 Å².